The molecular weight excluding hydrogens is 448 g/mol. The summed E-state index contributed by atoms with van der Waals surface area (Å²) in [5.74, 6) is 2.60. The molecule has 36 heavy (non-hydrogen) atoms. The molecule has 0 atom stereocenters. The second kappa shape index (κ2) is 11.6. The van der Waals surface area contributed by atoms with Crippen LogP contribution in [0.25, 0.3) is 16.9 Å². The van der Waals surface area contributed by atoms with Crippen LogP contribution in [0.1, 0.15) is 50.9 Å². The van der Waals surface area contributed by atoms with E-state index in [2.05, 4.69) is 47.4 Å². The average molecular weight is 485 g/mol. The molecule has 0 radical (unpaired) electrons. The fraction of sp³-hybridized carbons (Fsp3) is 0.400. The zero-order valence-corrected chi connectivity index (χ0v) is 21.4. The Hall–Kier alpha value is -3.38. The van der Waals surface area contributed by atoms with E-state index in [9.17, 15) is 0 Å². The Bertz CT molecular complexity index is 1240. The van der Waals surface area contributed by atoms with Crippen LogP contribution < -0.4 is 9.47 Å². The van der Waals surface area contributed by atoms with Gasteiger partial charge in [0.1, 0.15) is 11.5 Å². The summed E-state index contributed by atoms with van der Waals surface area (Å²) in [6, 6.07) is 22.6. The number of rotatable bonds is 10. The van der Waals surface area contributed by atoms with Crippen LogP contribution >= 0.6 is 0 Å². The molecule has 3 heterocycles. The van der Waals surface area contributed by atoms with Crippen LogP contribution in [-0.2, 0) is 6.42 Å². The first-order valence-electron chi connectivity index (χ1n) is 13.2. The number of aromatic nitrogens is 3. The number of hydrogen-bond acceptors (Lipinski definition) is 5. The normalized spacial score (nSPS) is 14.4. The molecule has 1 saturated heterocycles. The molecule has 0 aliphatic carbocycles. The number of nitrogens with zero attached hydrogens (tertiary/aromatic N) is 4. The van der Waals surface area contributed by atoms with E-state index in [1.165, 1.54) is 37.9 Å². The molecule has 2 aromatic heterocycles. The Morgan fingerprint density at radius 3 is 2.36 bits per heavy atom. The summed E-state index contributed by atoms with van der Waals surface area (Å²) in [5, 5.41) is 4.82. The highest BCUT2D eigenvalue weighted by Crippen LogP contribution is 2.24. The van der Waals surface area contributed by atoms with Gasteiger partial charge in [0.2, 0.25) is 0 Å². The lowest BCUT2D eigenvalue weighted by Gasteiger charge is -2.26. The number of pyridine rings is 1. The van der Waals surface area contributed by atoms with Crippen LogP contribution in [0.15, 0.2) is 66.7 Å². The van der Waals surface area contributed by atoms with Crippen molar-refractivity contribution >= 4 is 5.65 Å². The maximum atomic E-state index is 5.97. The van der Waals surface area contributed by atoms with Gasteiger partial charge in [-0.05, 0) is 100 Å². The van der Waals surface area contributed by atoms with Crippen molar-refractivity contribution < 1.29 is 9.47 Å². The van der Waals surface area contributed by atoms with Gasteiger partial charge in [0.15, 0.2) is 11.5 Å². The van der Waals surface area contributed by atoms with Crippen LogP contribution in [0.2, 0.25) is 0 Å². The zero-order valence-electron chi connectivity index (χ0n) is 21.4. The zero-order chi connectivity index (χ0) is 24.7. The van der Waals surface area contributed by atoms with E-state index >= 15 is 0 Å². The van der Waals surface area contributed by atoms with E-state index in [-0.39, 0.29) is 6.10 Å². The van der Waals surface area contributed by atoms with Gasteiger partial charge in [-0.2, -0.15) is 5.10 Å². The molecule has 4 aromatic rings. The Morgan fingerprint density at radius 2 is 1.61 bits per heavy atom. The summed E-state index contributed by atoms with van der Waals surface area (Å²) >= 11 is 0. The summed E-state index contributed by atoms with van der Waals surface area (Å²) in [6.07, 6.45) is 5.97. The summed E-state index contributed by atoms with van der Waals surface area (Å²) in [5.41, 5.74) is 4.10. The first-order chi connectivity index (χ1) is 17.6. The predicted molar refractivity (Wildman–Crippen MR) is 144 cm³/mol. The van der Waals surface area contributed by atoms with Crippen LogP contribution in [0.3, 0.4) is 0 Å². The maximum Gasteiger partial charge on any atom is 0.156 e. The van der Waals surface area contributed by atoms with Gasteiger partial charge >= 0.3 is 0 Å². The van der Waals surface area contributed by atoms with Crippen molar-refractivity contribution in [3.63, 3.8) is 0 Å². The summed E-state index contributed by atoms with van der Waals surface area (Å²) in [6.45, 7) is 8.44. The van der Waals surface area contributed by atoms with Crippen molar-refractivity contribution in [1.82, 2.24) is 19.5 Å². The third-order valence-electron chi connectivity index (χ3n) is 6.55. The lowest BCUT2D eigenvalue weighted by molar-refractivity contribution is 0.205. The lowest BCUT2D eigenvalue weighted by atomic mass is 10.1. The molecule has 0 saturated carbocycles. The summed E-state index contributed by atoms with van der Waals surface area (Å²) in [4.78, 5) is 7.32. The van der Waals surface area contributed by atoms with Crippen molar-refractivity contribution in [3.05, 3.63) is 78.1 Å². The summed E-state index contributed by atoms with van der Waals surface area (Å²) < 4.78 is 13.7. The van der Waals surface area contributed by atoms with Gasteiger partial charge in [-0.3, -0.25) is 0 Å². The quantitative estimate of drug-likeness (QED) is 0.257. The van der Waals surface area contributed by atoms with E-state index in [1.807, 2.05) is 42.6 Å². The lowest BCUT2D eigenvalue weighted by Crippen LogP contribution is -2.31. The minimum atomic E-state index is 0.155. The maximum absolute atomic E-state index is 5.97. The van der Waals surface area contributed by atoms with Crippen LogP contribution in [0.4, 0.5) is 0 Å². The topological polar surface area (TPSA) is 51.9 Å². The molecule has 6 heteroatoms. The molecular formula is C30H36N4O2. The number of piperidine rings is 1. The number of ether oxygens (including phenoxy) is 2. The Kier molecular flexibility index (Phi) is 7.82. The van der Waals surface area contributed by atoms with E-state index < -0.39 is 0 Å². The van der Waals surface area contributed by atoms with E-state index in [0.717, 1.165) is 53.8 Å². The fourth-order valence-corrected chi connectivity index (χ4v) is 4.77. The molecule has 6 nitrogen and oxygen atoms in total. The molecule has 0 unspecified atom stereocenters. The second-order valence-corrected chi connectivity index (χ2v) is 9.83. The number of likely N-dealkylation sites (tertiary alicyclic amines) is 1. The highest BCUT2D eigenvalue weighted by Gasteiger charge is 2.11. The Labute approximate surface area is 213 Å². The Balaban J connectivity index is 1.20. The molecule has 0 bridgehead atoms. The van der Waals surface area contributed by atoms with Gasteiger partial charge in [-0.15, -0.1) is 0 Å². The van der Waals surface area contributed by atoms with Crippen molar-refractivity contribution in [2.75, 3.05) is 26.2 Å². The highest BCUT2D eigenvalue weighted by atomic mass is 16.5. The number of fused-ring (bicyclic) bond motifs is 1. The van der Waals surface area contributed by atoms with Crippen LogP contribution in [0, 0.1) is 0 Å². The van der Waals surface area contributed by atoms with Crippen LogP contribution in [-0.4, -0.2) is 51.8 Å². The molecule has 5 rings (SSSR count). The average Bonchev–Trinajstić information content (AvgIpc) is 3.31. The van der Waals surface area contributed by atoms with Crippen LogP contribution in [0.5, 0.6) is 11.5 Å². The van der Waals surface area contributed by atoms with Gasteiger partial charge in [0, 0.05) is 18.5 Å². The first kappa shape index (κ1) is 24.3. The van der Waals surface area contributed by atoms with Gasteiger partial charge in [0.05, 0.1) is 18.4 Å². The standard InChI is InChI=1S/C30H36N4O2/c1-23(2)36-27-16-12-25(13-17-27)28-8-6-9-30-31-29(32-34(28)30)22-24-10-14-26(15-11-24)35-21-7-20-33-18-4-3-5-19-33/h6,8-17,23H,3-5,7,18-22H2,1-2H3. The molecule has 0 amide bonds. The second-order valence-electron chi connectivity index (χ2n) is 9.83. The number of hydrogen-bond donors (Lipinski definition) is 0. The van der Waals surface area contributed by atoms with E-state index in [0.29, 0.717) is 6.42 Å². The first-order valence-corrected chi connectivity index (χ1v) is 13.2. The molecule has 0 N–H and O–H groups in total. The molecule has 2 aromatic carbocycles. The van der Waals surface area contributed by atoms with Gasteiger partial charge < -0.3 is 14.4 Å². The van der Waals surface area contributed by atoms with Gasteiger partial charge in [0.25, 0.3) is 0 Å². The number of benzene rings is 2. The Morgan fingerprint density at radius 1 is 0.861 bits per heavy atom. The molecule has 0 spiro atoms. The van der Waals surface area contributed by atoms with Crippen molar-refractivity contribution in [1.29, 1.82) is 0 Å². The molecule has 1 aliphatic heterocycles. The third-order valence-corrected chi connectivity index (χ3v) is 6.55. The monoisotopic (exact) mass is 484 g/mol. The third kappa shape index (κ3) is 6.24. The van der Waals surface area contributed by atoms with Gasteiger partial charge in [-0.25, -0.2) is 9.50 Å². The molecule has 188 valence electrons. The summed E-state index contributed by atoms with van der Waals surface area (Å²) in [7, 11) is 0. The van der Waals surface area contributed by atoms with Crippen molar-refractivity contribution in [3.8, 4) is 22.8 Å². The largest absolute Gasteiger partial charge is 0.494 e. The van der Waals surface area contributed by atoms with E-state index in [1.54, 1.807) is 0 Å². The molecule has 1 aliphatic rings. The van der Waals surface area contributed by atoms with Gasteiger partial charge in [-0.1, -0.05) is 24.6 Å². The molecule has 1 fully saturated rings. The SMILES string of the molecule is CC(C)Oc1ccc(-c2cccc3nc(Cc4ccc(OCCCN5CCCCC5)cc4)nn23)cc1. The van der Waals surface area contributed by atoms with Crippen molar-refractivity contribution in [2.24, 2.45) is 0 Å². The fourth-order valence-electron chi connectivity index (χ4n) is 4.77. The smallest absolute Gasteiger partial charge is 0.156 e. The minimum absolute atomic E-state index is 0.155. The highest BCUT2D eigenvalue weighted by molar-refractivity contribution is 5.63. The predicted octanol–water partition coefficient (Wildman–Crippen LogP) is 6.03. The van der Waals surface area contributed by atoms with Crippen molar-refractivity contribution in [2.45, 2.75) is 52.1 Å². The minimum Gasteiger partial charge on any atom is -0.494 e. The van der Waals surface area contributed by atoms with E-state index in [4.69, 9.17) is 19.6 Å².